The van der Waals surface area contributed by atoms with Gasteiger partial charge in [-0.2, -0.15) is 0 Å². The Hall–Kier alpha value is -2.26. The second-order valence-corrected chi connectivity index (χ2v) is 7.47. The van der Waals surface area contributed by atoms with E-state index in [2.05, 4.69) is 70.7 Å². The van der Waals surface area contributed by atoms with Crippen LogP contribution in [0.25, 0.3) is 10.9 Å². The summed E-state index contributed by atoms with van der Waals surface area (Å²) in [6, 6.07) is 24.7. The van der Waals surface area contributed by atoms with Crippen LogP contribution in [0.15, 0.2) is 79.0 Å². The maximum atomic E-state index is 6.27. The molecule has 0 saturated heterocycles. The number of nitrogens with zero attached hydrogens (tertiary/aromatic N) is 1. The molecule has 136 valence electrons. The Kier molecular flexibility index (Phi) is 5.49. The molecule has 0 amide bonds. The normalized spacial score (nSPS) is 11.2. The van der Waals surface area contributed by atoms with Crippen LogP contribution >= 0.6 is 23.2 Å². The maximum absolute atomic E-state index is 6.27. The summed E-state index contributed by atoms with van der Waals surface area (Å²) < 4.78 is 2.32. The fourth-order valence-electron chi connectivity index (χ4n) is 3.37. The molecule has 4 heteroatoms. The van der Waals surface area contributed by atoms with Crippen molar-refractivity contribution in [3.05, 3.63) is 106 Å². The smallest absolute Gasteiger partial charge is 0.0486 e. The zero-order chi connectivity index (χ0) is 18.6. The molecular weight excluding hydrogens is 375 g/mol. The summed E-state index contributed by atoms with van der Waals surface area (Å²) in [5.74, 6) is 0. The Morgan fingerprint density at radius 1 is 0.778 bits per heavy atom. The quantitative estimate of drug-likeness (QED) is 0.406. The van der Waals surface area contributed by atoms with Gasteiger partial charge in [-0.1, -0.05) is 77.8 Å². The highest BCUT2D eigenvalue weighted by Crippen LogP contribution is 2.24. The van der Waals surface area contributed by atoms with E-state index in [0.717, 1.165) is 18.7 Å². The Balaban J connectivity index is 1.53. The molecule has 0 bridgehead atoms. The van der Waals surface area contributed by atoms with E-state index in [1.807, 2.05) is 12.1 Å². The summed E-state index contributed by atoms with van der Waals surface area (Å²) in [6.45, 7) is 2.35. The second kappa shape index (κ2) is 8.18. The fraction of sp³-hybridized carbons (Fsp3) is 0.130. The highest BCUT2D eigenvalue weighted by molar-refractivity contribution is 6.35. The molecule has 0 unspecified atom stereocenters. The van der Waals surface area contributed by atoms with Crippen molar-refractivity contribution in [1.82, 2.24) is 9.88 Å². The van der Waals surface area contributed by atoms with Crippen molar-refractivity contribution >= 4 is 34.1 Å². The van der Waals surface area contributed by atoms with Crippen LogP contribution in [0.3, 0.4) is 0 Å². The molecule has 0 aliphatic heterocycles. The van der Waals surface area contributed by atoms with Crippen LogP contribution in [0, 0.1) is 0 Å². The first kappa shape index (κ1) is 18.1. The number of hydrogen-bond acceptors (Lipinski definition) is 1. The molecule has 2 nitrogen and oxygen atoms in total. The van der Waals surface area contributed by atoms with Gasteiger partial charge in [-0.05, 0) is 34.9 Å². The molecule has 27 heavy (non-hydrogen) atoms. The van der Waals surface area contributed by atoms with E-state index in [0.29, 0.717) is 16.6 Å². The van der Waals surface area contributed by atoms with Crippen molar-refractivity contribution in [1.29, 1.82) is 0 Å². The molecule has 1 heterocycles. The molecule has 4 rings (SSSR count). The van der Waals surface area contributed by atoms with Gasteiger partial charge in [0.1, 0.15) is 0 Å². The lowest BCUT2D eigenvalue weighted by atomic mass is 10.1. The van der Waals surface area contributed by atoms with Crippen LogP contribution in [0.4, 0.5) is 0 Å². The van der Waals surface area contributed by atoms with Crippen molar-refractivity contribution in [2.45, 2.75) is 19.6 Å². The molecule has 3 aromatic carbocycles. The summed E-state index contributed by atoms with van der Waals surface area (Å²) in [5.41, 5.74) is 4.88. The van der Waals surface area contributed by atoms with Crippen molar-refractivity contribution in [3.63, 3.8) is 0 Å². The molecule has 4 aromatic rings. The lowest BCUT2D eigenvalue weighted by Crippen LogP contribution is -2.12. The molecular formula is C23H20Cl2N2. The third-order valence-electron chi connectivity index (χ3n) is 4.71. The van der Waals surface area contributed by atoms with Crippen molar-refractivity contribution < 1.29 is 0 Å². The highest BCUT2D eigenvalue weighted by atomic mass is 35.5. The molecule has 0 radical (unpaired) electrons. The number of benzene rings is 3. The topological polar surface area (TPSA) is 17.0 Å². The van der Waals surface area contributed by atoms with Crippen LogP contribution in [0.2, 0.25) is 10.0 Å². The van der Waals surface area contributed by atoms with Gasteiger partial charge in [0.2, 0.25) is 0 Å². The van der Waals surface area contributed by atoms with E-state index in [-0.39, 0.29) is 0 Å². The minimum absolute atomic E-state index is 0.660. The molecule has 0 fully saturated rings. The Bertz CT molecular complexity index is 1050. The van der Waals surface area contributed by atoms with E-state index in [1.54, 1.807) is 6.07 Å². The minimum atomic E-state index is 0.660. The molecule has 1 aromatic heterocycles. The molecule has 0 saturated carbocycles. The Morgan fingerprint density at radius 3 is 2.33 bits per heavy atom. The summed E-state index contributed by atoms with van der Waals surface area (Å²) in [5, 5.41) is 6.14. The third kappa shape index (κ3) is 4.19. The van der Waals surface area contributed by atoms with Gasteiger partial charge < -0.3 is 9.88 Å². The van der Waals surface area contributed by atoms with E-state index >= 15 is 0 Å². The van der Waals surface area contributed by atoms with Gasteiger partial charge in [-0.3, -0.25) is 0 Å². The number of para-hydroxylation sites is 1. The predicted octanol–water partition coefficient (Wildman–Crippen LogP) is 6.29. The summed E-state index contributed by atoms with van der Waals surface area (Å²) in [6.07, 6.45) is 2.24. The number of hydrogen-bond donors (Lipinski definition) is 1. The fourth-order valence-corrected chi connectivity index (χ4v) is 3.85. The zero-order valence-electron chi connectivity index (χ0n) is 14.8. The Labute approximate surface area is 169 Å². The summed E-state index contributed by atoms with van der Waals surface area (Å²) in [4.78, 5) is 0. The number of rotatable bonds is 6. The van der Waals surface area contributed by atoms with Gasteiger partial charge in [-0.15, -0.1) is 0 Å². The molecule has 0 atom stereocenters. The van der Waals surface area contributed by atoms with Crippen molar-refractivity contribution in [2.75, 3.05) is 0 Å². The largest absolute Gasteiger partial charge is 0.343 e. The molecule has 0 spiro atoms. The summed E-state index contributed by atoms with van der Waals surface area (Å²) >= 11 is 12.2. The van der Waals surface area contributed by atoms with Gasteiger partial charge in [0, 0.05) is 46.8 Å². The lowest BCUT2D eigenvalue weighted by molar-refractivity contribution is 0.692. The predicted molar refractivity (Wildman–Crippen MR) is 114 cm³/mol. The molecule has 1 N–H and O–H groups in total. The van der Waals surface area contributed by atoms with Crippen LogP contribution in [0.5, 0.6) is 0 Å². The highest BCUT2D eigenvalue weighted by Gasteiger charge is 2.09. The average molecular weight is 395 g/mol. The number of halogens is 2. The lowest BCUT2D eigenvalue weighted by Gasteiger charge is -2.07. The first-order chi connectivity index (χ1) is 13.2. The first-order valence-electron chi connectivity index (χ1n) is 8.96. The standard InChI is InChI=1S/C23H20Cl2N2/c24-20-11-10-18(22(25)12-20)13-26-14-19-16-27(15-17-6-2-1-3-7-17)23-9-5-4-8-21(19)23/h1-12,16,26H,13-15H2. The average Bonchev–Trinajstić information content (AvgIpc) is 3.02. The minimum Gasteiger partial charge on any atom is -0.343 e. The molecule has 0 aliphatic rings. The maximum Gasteiger partial charge on any atom is 0.0486 e. The van der Waals surface area contributed by atoms with Gasteiger partial charge in [0.15, 0.2) is 0 Å². The van der Waals surface area contributed by atoms with E-state index in [1.165, 1.54) is 22.0 Å². The van der Waals surface area contributed by atoms with Crippen molar-refractivity contribution in [2.24, 2.45) is 0 Å². The van der Waals surface area contributed by atoms with Gasteiger partial charge in [0.05, 0.1) is 0 Å². The second-order valence-electron chi connectivity index (χ2n) is 6.62. The third-order valence-corrected chi connectivity index (χ3v) is 5.30. The SMILES string of the molecule is Clc1ccc(CNCc2cn(Cc3ccccc3)c3ccccc23)c(Cl)c1. The van der Waals surface area contributed by atoms with Gasteiger partial charge in [-0.25, -0.2) is 0 Å². The number of nitrogens with one attached hydrogen (secondary N) is 1. The van der Waals surface area contributed by atoms with Crippen LogP contribution in [-0.2, 0) is 19.6 Å². The van der Waals surface area contributed by atoms with E-state index in [9.17, 15) is 0 Å². The van der Waals surface area contributed by atoms with E-state index < -0.39 is 0 Å². The van der Waals surface area contributed by atoms with Gasteiger partial charge in [0.25, 0.3) is 0 Å². The van der Waals surface area contributed by atoms with E-state index in [4.69, 9.17) is 23.2 Å². The van der Waals surface area contributed by atoms with Gasteiger partial charge >= 0.3 is 0 Å². The summed E-state index contributed by atoms with van der Waals surface area (Å²) in [7, 11) is 0. The Morgan fingerprint density at radius 2 is 1.52 bits per heavy atom. The number of fused-ring (bicyclic) bond motifs is 1. The van der Waals surface area contributed by atoms with Crippen LogP contribution < -0.4 is 5.32 Å². The molecule has 0 aliphatic carbocycles. The van der Waals surface area contributed by atoms with Crippen molar-refractivity contribution in [3.8, 4) is 0 Å². The number of aromatic nitrogens is 1. The first-order valence-corrected chi connectivity index (χ1v) is 9.71. The zero-order valence-corrected chi connectivity index (χ0v) is 16.3. The monoisotopic (exact) mass is 394 g/mol. The van der Waals surface area contributed by atoms with Crippen LogP contribution in [0.1, 0.15) is 16.7 Å². The van der Waals surface area contributed by atoms with Crippen LogP contribution in [-0.4, -0.2) is 4.57 Å².